The van der Waals surface area contributed by atoms with Crippen LogP contribution in [0.15, 0.2) is 36.4 Å². The number of carbonyl (C=O) groups excluding carboxylic acids is 1. The van der Waals surface area contributed by atoms with Gasteiger partial charge in [0.25, 0.3) is 0 Å². The molecule has 154 valence electrons. The lowest BCUT2D eigenvalue weighted by Gasteiger charge is -2.54. The van der Waals surface area contributed by atoms with Gasteiger partial charge in [0.2, 0.25) is 0 Å². The molecule has 0 N–H and O–H groups in total. The Hall–Kier alpha value is -1.57. The molecule has 0 radical (unpaired) electrons. The fraction of sp³-hybridized carbons (Fsp3) is 0.654. The topological polar surface area (TPSA) is 26.3 Å². The predicted octanol–water partition coefficient (Wildman–Crippen LogP) is 7.51. The molecule has 3 aliphatic rings. The van der Waals surface area contributed by atoms with Crippen molar-refractivity contribution in [1.82, 2.24) is 0 Å². The van der Waals surface area contributed by atoms with Crippen molar-refractivity contribution in [2.75, 3.05) is 0 Å². The molecule has 3 fully saturated rings. The molecule has 0 unspecified atom stereocenters. The molecule has 0 spiro atoms. The Morgan fingerprint density at radius 2 is 1.57 bits per heavy atom. The highest BCUT2D eigenvalue weighted by Gasteiger charge is 2.48. The number of rotatable bonds is 10. The molecule has 2 heteroatoms. The van der Waals surface area contributed by atoms with Crippen molar-refractivity contribution in [3.8, 4) is 5.75 Å². The minimum Gasteiger partial charge on any atom is -0.423 e. The summed E-state index contributed by atoms with van der Waals surface area (Å²) in [4.78, 5) is 11.8. The number of hydrogen-bond donors (Lipinski definition) is 0. The van der Waals surface area contributed by atoms with Crippen LogP contribution in [0.25, 0.3) is 0 Å². The van der Waals surface area contributed by atoms with Crippen LogP contribution in [0.1, 0.15) is 103 Å². The monoisotopic (exact) mass is 382 g/mol. The molecule has 3 aliphatic carbocycles. The number of carbonyl (C=O) groups is 1. The number of ether oxygens (including phenoxy) is 1. The molecule has 0 heterocycles. The minimum absolute atomic E-state index is 0.285. The van der Waals surface area contributed by atoms with E-state index in [1.54, 1.807) is 0 Å². The van der Waals surface area contributed by atoms with Crippen molar-refractivity contribution >= 4 is 5.97 Å². The highest BCUT2D eigenvalue weighted by Crippen LogP contribution is 2.59. The summed E-state index contributed by atoms with van der Waals surface area (Å²) in [5.41, 5.74) is 2.47. The average molecular weight is 383 g/mol. The van der Waals surface area contributed by atoms with Crippen LogP contribution >= 0.6 is 0 Å². The van der Waals surface area contributed by atoms with Gasteiger partial charge in [0.1, 0.15) is 5.75 Å². The number of unbranched alkanes of at least 4 members (excludes halogenated alkanes) is 4. The first kappa shape index (κ1) is 21.1. The average Bonchev–Trinajstić information content (AvgIpc) is 2.74. The molecule has 2 bridgehead atoms. The minimum atomic E-state index is -0.285. The molecule has 0 aliphatic heterocycles. The quantitative estimate of drug-likeness (QED) is 0.181. The molecular weight excluding hydrogens is 344 g/mol. The van der Waals surface area contributed by atoms with Crippen LogP contribution in [0.3, 0.4) is 0 Å². The second-order valence-electron chi connectivity index (χ2n) is 9.20. The van der Waals surface area contributed by atoms with Gasteiger partial charge in [-0.05, 0) is 79.9 Å². The van der Waals surface area contributed by atoms with Crippen LogP contribution in [0, 0.1) is 5.41 Å². The van der Waals surface area contributed by atoms with Gasteiger partial charge < -0.3 is 4.74 Å². The predicted molar refractivity (Wildman–Crippen MR) is 117 cm³/mol. The van der Waals surface area contributed by atoms with Crippen LogP contribution in [0.5, 0.6) is 5.75 Å². The maximum atomic E-state index is 11.8. The molecule has 4 rings (SSSR count). The van der Waals surface area contributed by atoms with Gasteiger partial charge in [-0.1, -0.05) is 64.2 Å². The molecule has 0 atom stereocenters. The fourth-order valence-corrected chi connectivity index (χ4v) is 5.42. The molecule has 28 heavy (non-hydrogen) atoms. The van der Waals surface area contributed by atoms with Gasteiger partial charge >= 0.3 is 5.97 Å². The van der Waals surface area contributed by atoms with Crippen molar-refractivity contribution in [2.45, 2.75) is 103 Å². The van der Waals surface area contributed by atoms with E-state index in [4.69, 9.17) is 4.74 Å². The van der Waals surface area contributed by atoms with E-state index in [1.807, 2.05) is 25.1 Å². The van der Waals surface area contributed by atoms with Crippen LogP contribution in [0.4, 0.5) is 0 Å². The van der Waals surface area contributed by atoms with Crippen LogP contribution in [-0.4, -0.2) is 5.97 Å². The molecule has 0 amide bonds. The van der Waals surface area contributed by atoms with Crippen molar-refractivity contribution < 1.29 is 9.53 Å². The first-order valence-electron chi connectivity index (χ1n) is 11.6. The number of hydrogen-bond acceptors (Lipinski definition) is 2. The van der Waals surface area contributed by atoms with Crippen molar-refractivity contribution in [1.29, 1.82) is 0 Å². The molecule has 1 aromatic carbocycles. The van der Waals surface area contributed by atoms with Crippen molar-refractivity contribution in [3.63, 3.8) is 0 Å². The molecular formula is C26H38O2. The summed E-state index contributed by atoms with van der Waals surface area (Å²) in [6.07, 6.45) is 20.8. The Bertz CT molecular complexity index is 631. The summed E-state index contributed by atoms with van der Waals surface area (Å²) in [6, 6.07) is 8.36. The van der Waals surface area contributed by atoms with Gasteiger partial charge in [-0.2, -0.15) is 0 Å². The molecule has 1 aromatic rings. The van der Waals surface area contributed by atoms with E-state index in [0.29, 0.717) is 16.6 Å². The third kappa shape index (κ3) is 5.07. The van der Waals surface area contributed by atoms with Gasteiger partial charge in [0, 0.05) is 6.08 Å². The molecule has 0 saturated heterocycles. The van der Waals surface area contributed by atoms with Crippen LogP contribution in [-0.2, 0) is 10.2 Å². The third-order valence-electron chi connectivity index (χ3n) is 7.39. The zero-order chi connectivity index (χ0) is 19.9. The lowest BCUT2D eigenvalue weighted by Crippen LogP contribution is -2.44. The maximum absolute atomic E-state index is 11.8. The summed E-state index contributed by atoms with van der Waals surface area (Å²) in [5, 5.41) is 0. The normalized spacial score (nSPS) is 26.6. The zero-order valence-corrected chi connectivity index (χ0v) is 18.0. The van der Waals surface area contributed by atoms with Gasteiger partial charge in [-0.15, -0.1) is 0 Å². The number of allylic oxidation sites excluding steroid dienone is 1. The molecule has 0 aromatic heterocycles. The van der Waals surface area contributed by atoms with Gasteiger partial charge in [-0.25, -0.2) is 4.79 Å². The zero-order valence-electron chi connectivity index (χ0n) is 18.0. The SMILES string of the molecule is CC/C=C/C(=O)Oc1ccc(C23CCC(CCCCCCC)(CC2)CC3)cc1. The summed E-state index contributed by atoms with van der Waals surface area (Å²) in [6.45, 7) is 4.30. The van der Waals surface area contributed by atoms with E-state index in [2.05, 4.69) is 19.1 Å². The van der Waals surface area contributed by atoms with E-state index in [-0.39, 0.29) is 5.97 Å². The van der Waals surface area contributed by atoms with Crippen molar-refractivity contribution in [3.05, 3.63) is 42.0 Å². The number of esters is 1. The van der Waals surface area contributed by atoms with Gasteiger partial charge in [-0.3, -0.25) is 0 Å². The van der Waals surface area contributed by atoms with E-state index >= 15 is 0 Å². The molecule has 3 saturated carbocycles. The standard InChI is InChI=1S/C26H38O2/c1-3-5-7-8-9-15-25-16-19-26(20-17-25,21-18-25)22-11-13-23(14-12-22)28-24(27)10-6-4-2/h6,10-14H,3-5,7-9,15-21H2,1-2H3/b10-6+. The highest BCUT2D eigenvalue weighted by molar-refractivity contribution is 5.83. The van der Waals surface area contributed by atoms with Gasteiger partial charge in [0.15, 0.2) is 0 Å². The lowest BCUT2D eigenvalue weighted by atomic mass is 9.51. The van der Waals surface area contributed by atoms with E-state index in [9.17, 15) is 4.79 Å². The summed E-state index contributed by atoms with van der Waals surface area (Å²) in [5.74, 6) is 0.366. The van der Waals surface area contributed by atoms with Gasteiger partial charge in [0.05, 0.1) is 0 Å². The summed E-state index contributed by atoms with van der Waals surface area (Å²) >= 11 is 0. The number of fused-ring (bicyclic) bond motifs is 3. The first-order valence-corrected chi connectivity index (χ1v) is 11.6. The second-order valence-corrected chi connectivity index (χ2v) is 9.20. The highest BCUT2D eigenvalue weighted by atomic mass is 16.5. The summed E-state index contributed by atoms with van der Waals surface area (Å²) in [7, 11) is 0. The first-order chi connectivity index (χ1) is 13.6. The maximum Gasteiger partial charge on any atom is 0.335 e. The number of benzene rings is 1. The Labute approximate surface area is 171 Å². The summed E-state index contributed by atoms with van der Waals surface area (Å²) < 4.78 is 5.40. The molecule has 2 nitrogen and oxygen atoms in total. The second kappa shape index (κ2) is 9.76. The Kier molecular flexibility index (Phi) is 7.37. The Balaban J connectivity index is 1.53. The largest absolute Gasteiger partial charge is 0.423 e. The smallest absolute Gasteiger partial charge is 0.335 e. The van der Waals surface area contributed by atoms with Crippen LogP contribution < -0.4 is 4.74 Å². The third-order valence-corrected chi connectivity index (χ3v) is 7.39. The fourth-order valence-electron chi connectivity index (χ4n) is 5.42. The van der Waals surface area contributed by atoms with E-state index in [1.165, 1.54) is 88.7 Å². The lowest BCUT2D eigenvalue weighted by molar-refractivity contribution is -0.129. The Morgan fingerprint density at radius 1 is 0.929 bits per heavy atom. The van der Waals surface area contributed by atoms with E-state index in [0.717, 1.165) is 6.42 Å². The van der Waals surface area contributed by atoms with E-state index < -0.39 is 0 Å². The van der Waals surface area contributed by atoms with Crippen molar-refractivity contribution in [2.24, 2.45) is 5.41 Å². The van der Waals surface area contributed by atoms with Crippen LogP contribution in [0.2, 0.25) is 0 Å². The Morgan fingerprint density at radius 3 is 2.18 bits per heavy atom.